The molecule has 3 N–H and O–H groups in total. The molecule has 1 aliphatic rings. The summed E-state index contributed by atoms with van der Waals surface area (Å²) in [4.78, 5) is 12.3. The number of carbonyl (C=O) groups excluding carboxylic acids is 1. The second-order valence-corrected chi connectivity index (χ2v) is 5.38. The van der Waals surface area contributed by atoms with Crippen molar-refractivity contribution >= 4 is 5.91 Å². The third-order valence-electron chi connectivity index (χ3n) is 3.85. The molecule has 1 aromatic carbocycles. The van der Waals surface area contributed by atoms with Crippen molar-refractivity contribution in [1.82, 2.24) is 5.32 Å². The van der Waals surface area contributed by atoms with Crippen LogP contribution in [0.4, 0.5) is 0 Å². The first-order valence-corrected chi connectivity index (χ1v) is 7.45. The summed E-state index contributed by atoms with van der Waals surface area (Å²) < 4.78 is 5.55. The molecule has 1 heterocycles. The maximum Gasteiger partial charge on any atom is 0.231 e. The average Bonchev–Trinajstić information content (AvgIpc) is 2.89. The quantitative estimate of drug-likeness (QED) is 0.801. The number of hydrogen-bond donors (Lipinski definition) is 2. The van der Waals surface area contributed by atoms with Gasteiger partial charge >= 0.3 is 0 Å². The van der Waals surface area contributed by atoms with Crippen LogP contribution in [0, 0.1) is 5.92 Å². The van der Waals surface area contributed by atoms with E-state index in [1.54, 1.807) is 0 Å². The van der Waals surface area contributed by atoms with Gasteiger partial charge in [0.1, 0.15) is 18.3 Å². The lowest BCUT2D eigenvalue weighted by molar-refractivity contribution is -0.122. The molecule has 0 aliphatic carbocycles. The van der Waals surface area contributed by atoms with Gasteiger partial charge in [-0.3, -0.25) is 4.79 Å². The molecule has 20 heavy (non-hydrogen) atoms. The van der Waals surface area contributed by atoms with E-state index in [0.29, 0.717) is 25.6 Å². The Hall–Kier alpha value is -1.55. The summed E-state index contributed by atoms with van der Waals surface area (Å²) in [5.41, 5.74) is 6.61. The van der Waals surface area contributed by atoms with E-state index in [0.717, 1.165) is 30.6 Å². The molecule has 2 atom stereocenters. The van der Waals surface area contributed by atoms with Gasteiger partial charge in [-0.15, -0.1) is 0 Å². The van der Waals surface area contributed by atoms with E-state index in [1.165, 1.54) is 0 Å². The fourth-order valence-corrected chi connectivity index (χ4v) is 2.74. The van der Waals surface area contributed by atoms with Crippen LogP contribution in [0.15, 0.2) is 24.3 Å². The highest BCUT2D eigenvalue weighted by Gasteiger charge is 2.29. The first-order chi connectivity index (χ1) is 9.76. The lowest BCUT2D eigenvalue weighted by Gasteiger charge is -2.17. The van der Waals surface area contributed by atoms with E-state index < -0.39 is 0 Å². The van der Waals surface area contributed by atoms with Crippen LogP contribution in [0.5, 0.6) is 5.75 Å². The highest BCUT2D eigenvalue weighted by molar-refractivity contribution is 5.85. The molecular formula is C16H24N2O2. The highest BCUT2D eigenvalue weighted by Crippen LogP contribution is 2.33. The van der Waals surface area contributed by atoms with Crippen LogP contribution >= 0.6 is 0 Å². The predicted octanol–water partition coefficient (Wildman–Crippen LogP) is 2.04. The maximum absolute atomic E-state index is 12.3. The Morgan fingerprint density at radius 3 is 3.00 bits per heavy atom. The number of hydrogen-bond acceptors (Lipinski definition) is 3. The Labute approximate surface area is 120 Å². The van der Waals surface area contributed by atoms with Gasteiger partial charge in [0.25, 0.3) is 0 Å². The summed E-state index contributed by atoms with van der Waals surface area (Å²) in [5, 5.41) is 3.06. The first kappa shape index (κ1) is 14.9. The molecule has 0 bridgehead atoms. The smallest absolute Gasteiger partial charge is 0.231 e. The molecular weight excluding hydrogens is 252 g/mol. The monoisotopic (exact) mass is 276 g/mol. The zero-order chi connectivity index (χ0) is 14.4. The molecule has 0 saturated carbocycles. The molecule has 0 radical (unpaired) electrons. The minimum atomic E-state index is -0.175. The lowest BCUT2D eigenvalue weighted by Crippen LogP contribution is -2.34. The summed E-state index contributed by atoms with van der Waals surface area (Å²) in [5.74, 6) is 1.20. The van der Waals surface area contributed by atoms with Crippen LogP contribution in [0.25, 0.3) is 0 Å². The van der Waals surface area contributed by atoms with Crippen molar-refractivity contribution in [3.8, 4) is 5.75 Å². The second kappa shape index (κ2) is 7.29. The van der Waals surface area contributed by atoms with E-state index in [4.69, 9.17) is 10.5 Å². The standard InChI is InChI=1S/C16H24N2O2/c1-2-5-12(8-9-17)10-18-16(19)14-11-20-15-7-4-3-6-13(14)15/h3-4,6-7,12,14H,2,5,8-11,17H2,1H3,(H,18,19). The maximum atomic E-state index is 12.3. The fraction of sp³-hybridized carbons (Fsp3) is 0.562. The number of nitrogens with two attached hydrogens (primary N) is 1. The Morgan fingerprint density at radius 1 is 1.45 bits per heavy atom. The number of benzene rings is 1. The van der Waals surface area contributed by atoms with Crippen molar-refractivity contribution in [2.24, 2.45) is 11.7 Å². The third kappa shape index (κ3) is 3.51. The number of nitrogens with one attached hydrogen (secondary N) is 1. The molecule has 0 aromatic heterocycles. The Kier molecular flexibility index (Phi) is 5.41. The number of fused-ring (bicyclic) bond motifs is 1. The number of ether oxygens (including phenoxy) is 1. The number of amides is 1. The fourth-order valence-electron chi connectivity index (χ4n) is 2.74. The molecule has 4 heteroatoms. The van der Waals surface area contributed by atoms with Crippen molar-refractivity contribution in [3.05, 3.63) is 29.8 Å². The largest absolute Gasteiger partial charge is 0.492 e. The van der Waals surface area contributed by atoms with Crippen LogP contribution in [-0.2, 0) is 4.79 Å². The van der Waals surface area contributed by atoms with Gasteiger partial charge in [-0.05, 0) is 31.4 Å². The third-order valence-corrected chi connectivity index (χ3v) is 3.85. The lowest BCUT2D eigenvalue weighted by atomic mass is 9.98. The molecule has 1 aliphatic heterocycles. The van der Waals surface area contributed by atoms with Crippen LogP contribution in [0.1, 0.15) is 37.7 Å². The molecule has 2 rings (SSSR count). The van der Waals surface area contributed by atoms with Crippen molar-refractivity contribution in [2.45, 2.75) is 32.1 Å². The van der Waals surface area contributed by atoms with Crippen LogP contribution in [0.2, 0.25) is 0 Å². The van der Waals surface area contributed by atoms with Crippen molar-refractivity contribution in [2.75, 3.05) is 19.7 Å². The Balaban J connectivity index is 1.89. The average molecular weight is 276 g/mol. The number of carbonyl (C=O) groups is 1. The summed E-state index contributed by atoms with van der Waals surface area (Å²) in [6.45, 7) is 3.99. The summed E-state index contributed by atoms with van der Waals surface area (Å²) >= 11 is 0. The summed E-state index contributed by atoms with van der Waals surface area (Å²) in [7, 11) is 0. The van der Waals surface area contributed by atoms with Gasteiger partial charge in [-0.1, -0.05) is 31.5 Å². The molecule has 0 fully saturated rings. The van der Waals surface area contributed by atoms with Gasteiger partial charge in [-0.25, -0.2) is 0 Å². The second-order valence-electron chi connectivity index (χ2n) is 5.38. The molecule has 0 spiro atoms. The number of rotatable bonds is 7. The van der Waals surface area contributed by atoms with Crippen molar-refractivity contribution in [1.29, 1.82) is 0 Å². The first-order valence-electron chi connectivity index (χ1n) is 7.45. The Bertz CT molecular complexity index is 442. The van der Waals surface area contributed by atoms with Crippen molar-refractivity contribution in [3.63, 3.8) is 0 Å². The Morgan fingerprint density at radius 2 is 2.25 bits per heavy atom. The topological polar surface area (TPSA) is 64.3 Å². The van der Waals surface area contributed by atoms with Crippen LogP contribution in [-0.4, -0.2) is 25.6 Å². The summed E-state index contributed by atoms with van der Waals surface area (Å²) in [6, 6.07) is 7.76. The van der Waals surface area contributed by atoms with Gasteiger partial charge in [0.15, 0.2) is 0 Å². The van der Waals surface area contributed by atoms with E-state index in [1.807, 2.05) is 24.3 Å². The number of para-hydroxylation sites is 1. The van der Waals surface area contributed by atoms with Gasteiger partial charge in [0, 0.05) is 12.1 Å². The zero-order valence-corrected chi connectivity index (χ0v) is 12.1. The predicted molar refractivity (Wildman–Crippen MR) is 79.8 cm³/mol. The van der Waals surface area contributed by atoms with Gasteiger partial charge in [0.05, 0.1) is 0 Å². The zero-order valence-electron chi connectivity index (χ0n) is 12.1. The molecule has 110 valence electrons. The molecule has 2 unspecified atom stereocenters. The molecule has 1 aromatic rings. The molecule has 0 saturated heterocycles. The van der Waals surface area contributed by atoms with Crippen LogP contribution in [0.3, 0.4) is 0 Å². The SMILES string of the molecule is CCCC(CCN)CNC(=O)C1COc2ccccc21. The van der Waals surface area contributed by atoms with E-state index in [-0.39, 0.29) is 11.8 Å². The van der Waals surface area contributed by atoms with Gasteiger partial charge in [0.2, 0.25) is 5.91 Å². The molecule has 1 amide bonds. The van der Waals surface area contributed by atoms with E-state index in [9.17, 15) is 4.79 Å². The minimum Gasteiger partial charge on any atom is -0.492 e. The van der Waals surface area contributed by atoms with Crippen LogP contribution < -0.4 is 15.8 Å². The minimum absolute atomic E-state index is 0.0630. The van der Waals surface area contributed by atoms with Crippen molar-refractivity contribution < 1.29 is 9.53 Å². The summed E-state index contributed by atoms with van der Waals surface area (Å²) in [6.07, 6.45) is 3.19. The van der Waals surface area contributed by atoms with Gasteiger partial charge in [-0.2, -0.15) is 0 Å². The van der Waals surface area contributed by atoms with Gasteiger partial charge < -0.3 is 15.8 Å². The highest BCUT2D eigenvalue weighted by atomic mass is 16.5. The van der Waals surface area contributed by atoms with E-state index >= 15 is 0 Å². The normalized spacial score (nSPS) is 18.2. The molecule has 4 nitrogen and oxygen atoms in total. The van der Waals surface area contributed by atoms with E-state index in [2.05, 4.69) is 12.2 Å².